The van der Waals surface area contributed by atoms with Gasteiger partial charge in [-0.2, -0.15) is 0 Å². The normalized spacial score (nSPS) is 10.7. The molecule has 0 saturated heterocycles. The molecular formula is C26H23NO3. The zero-order valence-corrected chi connectivity index (χ0v) is 17.0. The van der Waals surface area contributed by atoms with E-state index in [1.54, 1.807) is 12.1 Å². The minimum atomic E-state index is -0.929. The number of aromatic carboxylic acids is 1. The fraction of sp³-hybridized carbons (Fsp3) is 0.115. The van der Waals surface area contributed by atoms with Crippen molar-refractivity contribution in [3.63, 3.8) is 0 Å². The Morgan fingerprint density at radius 3 is 2.33 bits per heavy atom. The highest BCUT2D eigenvalue weighted by atomic mass is 16.5. The summed E-state index contributed by atoms with van der Waals surface area (Å²) in [5.41, 5.74) is 6.50. The summed E-state index contributed by atoms with van der Waals surface area (Å²) in [6.07, 6.45) is 0. The molecule has 0 bridgehead atoms. The van der Waals surface area contributed by atoms with Crippen LogP contribution in [-0.2, 0) is 6.61 Å². The second-order valence-corrected chi connectivity index (χ2v) is 7.32. The van der Waals surface area contributed by atoms with Crippen LogP contribution in [0.5, 0.6) is 5.75 Å². The number of ether oxygens (including phenoxy) is 1. The molecule has 0 saturated carbocycles. The smallest absolute Gasteiger partial charge is 0.335 e. The van der Waals surface area contributed by atoms with Gasteiger partial charge in [-0.15, -0.1) is 0 Å². The lowest BCUT2D eigenvalue weighted by Crippen LogP contribution is -2.03. The molecule has 150 valence electrons. The molecule has 0 atom stereocenters. The molecule has 0 aliphatic rings. The second-order valence-electron chi connectivity index (χ2n) is 7.32. The zero-order chi connectivity index (χ0) is 21.1. The first-order chi connectivity index (χ1) is 14.5. The van der Waals surface area contributed by atoms with Crippen molar-refractivity contribution in [1.29, 1.82) is 0 Å². The van der Waals surface area contributed by atoms with Crippen LogP contribution in [0.15, 0.2) is 84.9 Å². The molecule has 0 aliphatic heterocycles. The first-order valence-corrected chi connectivity index (χ1v) is 9.83. The topological polar surface area (TPSA) is 51.5 Å². The third-order valence-corrected chi connectivity index (χ3v) is 5.10. The third kappa shape index (κ3) is 3.98. The Hall–Kier alpha value is -3.79. The number of aromatic nitrogens is 1. The van der Waals surface area contributed by atoms with E-state index in [4.69, 9.17) is 4.74 Å². The SMILES string of the molecule is Cc1ccc(OCc2ccccc2)c(-c2ccc(C)n2-c2ccc(C(=O)O)cc2)c1. The number of benzene rings is 3. The van der Waals surface area contributed by atoms with E-state index in [0.717, 1.165) is 39.5 Å². The van der Waals surface area contributed by atoms with Crippen LogP contribution in [-0.4, -0.2) is 15.6 Å². The Bertz CT molecular complexity index is 1170. The van der Waals surface area contributed by atoms with Crippen molar-refractivity contribution in [2.75, 3.05) is 0 Å². The molecule has 1 aromatic heterocycles. The number of hydrogen-bond donors (Lipinski definition) is 1. The van der Waals surface area contributed by atoms with Crippen LogP contribution in [0.25, 0.3) is 16.9 Å². The van der Waals surface area contributed by atoms with Crippen LogP contribution >= 0.6 is 0 Å². The van der Waals surface area contributed by atoms with Crippen LogP contribution in [0.3, 0.4) is 0 Å². The Balaban J connectivity index is 1.74. The summed E-state index contributed by atoms with van der Waals surface area (Å²) in [6, 6.07) is 27.3. The predicted molar refractivity (Wildman–Crippen MR) is 118 cm³/mol. The lowest BCUT2D eigenvalue weighted by Gasteiger charge is -2.16. The summed E-state index contributed by atoms with van der Waals surface area (Å²) in [7, 11) is 0. The summed E-state index contributed by atoms with van der Waals surface area (Å²) < 4.78 is 8.31. The molecule has 1 N–H and O–H groups in total. The zero-order valence-electron chi connectivity index (χ0n) is 17.0. The van der Waals surface area contributed by atoms with E-state index in [0.29, 0.717) is 6.61 Å². The summed E-state index contributed by atoms with van der Waals surface area (Å²) in [5, 5.41) is 9.19. The van der Waals surface area contributed by atoms with Crippen molar-refractivity contribution in [1.82, 2.24) is 4.57 Å². The molecule has 4 aromatic rings. The molecule has 0 radical (unpaired) electrons. The molecule has 0 spiro atoms. The number of aryl methyl sites for hydroxylation is 2. The predicted octanol–water partition coefficient (Wildman–Crippen LogP) is 6.04. The molecule has 0 unspecified atom stereocenters. The van der Waals surface area contributed by atoms with Gasteiger partial charge in [0.25, 0.3) is 0 Å². The van der Waals surface area contributed by atoms with E-state index in [2.05, 4.69) is 29.7 Å². The molecular weight excluding hydrogens is 374 g/mol. The highest BCUT2D eigenvalue weighted by Gasteiger charge is 2.15. The van der Waals surface area contributed by atoms with Crippen LogP contribution < -0.4 is 4.74 Å². The molecule has 1 heterocycles. The van der Waals surface area contributed by atoms with Gasteiger partial charge in [-0.3, -0.25) is 0 Å². The highest BCUT2D eigenvalue weighted by Crippen LogP contribution is 2.35. The van der Waals surface area contributed by atoms with Crippen molar-refractivity contribution in [2.24, 2.45) is 0 Å². The molecule has 4 nitrogen and oxygen atoms in total. The average molecular weight is 397 g/mol. The molecule has 0 aliphatic carbocycles. The van der Waals surface area contributed by atoms with Gasteiger partial charge >= 0.3 is 5.97 Å². The van der Waals surface area contributed by atoms with Crippen molar-refractivity contribution in [3.05, 3.63) is 107 Å². The summed E-state index contributed by atoms with van der Waals surface area (Å²) in [4.78, 5) is 11.2. The first kappa shape index (κ1) is 19.5. The number of nitrogens with zero attached hydrogens (tertiary/aromatic N) is 1. The van der Waals surface area contributed by atoms with Gasteiger partial charge in [-0.1, -0.05) is 42.0 Å². The minimum Gasteiger partial charge on any atom is -0.488 e. The number of carboxylic acids is 1. The van der Waals surface area contributed by atoms with E-state index >= 15 is 0 Å². The maximum Gasteiger partial charge on any atom is 0.335 e. The number of hydrogen-bond acceptors (Lipinski definition) is 2. The molecule has 4 rings (SSSR count). The van der Waals surface area contributed by atoms with E-state index in [-0.39, 0.29) is 5.56 Å². The Labute approximate surface area is 176 Å². The van der Waals surface area contributed by atoms with E-state index < -0.39 is 5.97 Å². The van der Waals surface area contributed by atoms with Gasteiger partial charge in [0, 0.05) is 16.9 Å². The van der Waals surface area contributed by atoms with Gasteiger partial charge in [0.15, 0.2) is 0 Å². The lowest BCUT2D eigenvalue weighted by atomic mass is 10.1. The second kappa shape index (κ2) is 8.29. The maximum atomic E-state index is 11.2. The van der Waals surface area contributed by atoms with Crippen molar-refractivity contribution in [3.8, 4) is 22.7 Å². The third-order valence-electron chi connectivity index (χ3n) is 5.10. The summed E-state index contributed by atoms with van der Waals surface area (Å²) in [5.74, 6) is -0.118. The van der Waals surface area contributed by atoms with Gasteiger partial charge < -0.3 is 14.4 Å². The number of carboxylic acid groups (broad SMARTS) is 1. The highest BCUT2D eigenvalue weighted by molar-refractivity contribution is 5.87. The van der Waals surface area contributed by atoms with Crippen molar-refractivity contribution < 1.29 is 14.6 Å². The van der Waals surface area contributed by atoms with Crippen LogP contribution in [0.4, 0.5) is 0 Å². The molecule has 0 fully saturated rings. The Kier molecular flexibility index (Phi) is 5.40. The van der Waals surface area contributed by atoms with E-state index in [9.17, 15) is 9.90 Å². The Morgan fingerprint density at radius 2 is 1.63 bits per heavy atom. The molecule has 0 amide bonds. The Morgan fingerprint density at radius 1 is 0.900 bits per heavy atom. The first-order valence-electron chi connectivity index (χ1n) is 9.83. The van der Waals surface area contributed by atoms with Gasteiger partial charge in [0.2, 0.25) is 0 Å². The van der Waals surface area contributed by atoms with E-state index in [1.165, 1.54) is 0 Å². The fourth-order valence-electron chi connectivity index (χ4n) is 3.55. The van der Waals surface area contributed by atoms with Crippen LogP contribution in [0, 0.1) is 13.8 Å². The maximum absolute atomic E-state index is 11.2. The van der Waals surface area contributed by atoms with Crippen LogP contribution in [0.2, 0.25) is 0 Å². The summed E-state index contributed by atoms with van der Waals surface area (Å²) in [6.45, 7) is 4.59. The molecule has 30 heavy (non-hydrogen) atoms. The van der Waals surface area contributed by atoms with Gasteiger partial charge in [0.1, 0.15) is 12.4 Å². The largest absolute Gasteiger partial charge is 0.488 e. The van der Waals surface area contributed by atoms with Crippen molar-refractivity contribution >= 4 is 5.97 Å². The van der Waals surface area contributed by atoms with Crippen LogP contribution in [0.1, 0.15) is 27.2 Å². The van der Waals surface area contributed by atoms with Crippen molar-refractivity contribution in [2.45, 2.75) is 20.5 Å². The quantitative estimate of drug-likeness (QED) is 0.432. The van der Waals surface area contributed by atoms with Gasteiger partial charge in [-0.05, 0) is 67.9 Å². The number of carbonyl (C=O) groups is 1. The number of rotatable bonds is 6. The molecule has 4 heteroatoms. The monoisotopic (exact) mass is 397 g/mol. The fourth-order valence-corrected chi connectivity index (χ4v) is 3.55. The van der Waals surface area contributed by atoms with E-state index in [1.807, 2.05) is 61.5 Å². The lowest BCUT2D eigenvalue weighted by molar-refractivity contribution is 0.0697. The minimum absolute atomic E-state index is 0.271. The molecule has 3 aromatic carbocycles. The van der Waals surface area contributed by atoms with Gasteiger partial charge in [0.05, 0.1) is 11.3 Å². The average Bonchev–Trinajstić information content (AvgIpc) is 3.14. The summed E-state index contributed by atoms with van der Waals surface area (Å²) >= 11 is 0. The standard InChI is InChI=1S/C26H23NO3/c1-18-8-15-25(30-17-20-6-4-3-5-7-20)23(16-18)24-14-9-19(2)27(24)22-12-10-21(11-13-22)26(28)29/h3-16H,17H2,1-2H3,(H,28,29). The van der Waals surface area contributed by atoms with Gasteiger partial charge in [-0.25, -0.2) is 4.79 Å².